The maximum absolute atomic E-state index is 5.89. The van der Waals surface area contributed by atoms with Crippen LogP contribution in [0, 0.1) is 5.92 Å². The molecule has 1 aromatic rings. The molecule has 1 aliphatic rings. The highest BCUT2D eigenvalue weighted by atomic mass is 16.5. The topological polar surface area (TPSA) is 56.3 Å². The van der Waals surface area contributed by atoms with Crippen LogP contribution in [-0.4, -0.2) is 36.3 Å². The van der Waals surface area contributed by atoms with Gasteiger partial charge in [-0.15, -0.1) is 0 Å². The maximum Gasteiger partial charge on any atom is 0.221 e. The quantitative estimate of drug-likeness (QED) is 0.819. The molecule has 19 heavy (non-hydrogen) atoms. The van der Waals surface area contributed by atoms with Crippen LogP contribution < -0.4 is 10.1 Å². The van der Waals surface area contributed by atoms with Crippen LogP contribution in [-0.2, 0) is 11.2 Å². The summed E-state index contributed by atoms with van der Waals surface area (Å²) >= 11 is 0. The molecule has 0 bridgehead atoms. The van der Waals surface area contributed by atoms with Crippen molar-refractivity contribution in [1.82, 2.24) is 9.97 Å². The number of nitrogens with zero attached hydrogens (tertiary/aromatic N) is 2. The first-order chi connectivity index (χ1) is 9.35. The third kappa shape index (κ3) is 3.80. The Bertz CT molecular complexity index is 392. The van der Waals surface area contributed by atoms with Gasteiger partial charge in [-0.2, -0.15) is 0 Å². The van der Waals surface area contributed by atoms with Crippen molar-refractivity contribution in [3.63, 3.8) is 0 Å². The zero-order valence-electron chi connectivity index (χ0n) is 11.8. The third-order valence-corrected chi connectivity index (χ3v) is 3.23. The number of hydrogen-bond donors (Lipinski definition) is 1. The van der Waals surface area contributed by atoms with E-state index in [9.17, 15) is 0 Å². The lowest BCUT2D eigenvalue weighted by atomic mass is 10.1. The molecule has 1 N–H and O–H groups in total. The van der Waals surface area contributed by atoms with Crippen molar-refractivity contribution >= 4 is 5.82 Å². The lowest BCUT2D eigenvalue weighted by molar-refractivity contribution is 0.165. The average molecular weight is 265 g/mol. The van der Waals surface area contributed by atoms with Gasteiger partial charge in [0.05, 0.1) is 18.8 Å². The minimum absolute atomic E-state index is 0.493. The van der Waals surface area contributed by atoms with Gasteiger partial charge in [-0.1, -0.05) is 13.3 Å². The highest BCUT2D eigenvalue weighted by molar-refractivity contribution is 5.48. The Morgan fingerprint density at radius 2 is 2.32 bits per heavy atom. The Hall–Kier alpha value is -1.36. The first-order valence-corrected chi connectivity index (χ1v) is 7.13. The second kappa shape index (κ2) is 7.28. The van der Waals surface area contributed by atoms with Gasteiger partial charge in [-0.05, 0) is 19.8 Å². The second-order valence-corrected chi connectivity index (χ2v) is 4.83. The van der Waals surface area contributed by atoms with Crippen molar-refractivity contribution in [3.05, 3.63) is 11.9 Å². The molecule has 2 rings (SSSR count). The Labute approximate surface area is 114 Å². The maximum atomic E-state index is 5.89. The lowest BCUT2D eigenvalue weighted by Gasteiger charge is -2.15. The van der Waals surface area contributed by atoms with E-state index in [4.69, 9.17) is 9.47 Å². The van der Waals surface area contributed by atoms with Crippen LogP contribution in [0.5, 0.6) is 5.88 Å². The van der Waals surface area contributed by atoms with Gasteiger partial charge in [0.15, 0.2) is 0 Å². The van der Waals surface area contributed by atoms with Gasteiger partial charge in [0, 0.05) is 19.1 Å². The molecule has 1 aliphatic heterocycles. The Balaban J connectivity index is 2.06. The van der Waals surface area contributed by atoms with Crippen LogP contribution in [0.25, 0.3) is 0 Å². The van der Waals surface area contributed by atoms with Crippen LogP contribution in [0.1, 0.15) is 32.3 Å². The predicted molar refractivity (Wildman–Crippen MR) is 74.6 cm³/mol. The number of ether oxygens (including phenoxy) is 2. The number of rotatable bonds is 7. The molecule has 1 aromatic heterocycles. The molecule has 0 aliphatic carbocycles. The molecule has 0 spiro atoms. The minimum atomic E-state index is 0.493. The Kier molecular flexibility index (Phi) is 5.39. The molecule has 5 heteroatoms. The van der Waals surface area contributed by atoms with Crippen molar-refractivity contribution in [2.75, 3.05) is 31.7 Å². The van der Waals surface area contributed by atoms with E-state index < -0.39 is 0 Å². The summed E-state index contributed by atoms with van der Waals surface area (Å²) in [6.07, 6.45) is 4.63. The van der Waals surface area contributed by atoms with Gasteiger partial charge < -0.3 is 14.8 Å². The SMILES string of the molecule is CCCc1c(NCC)ncnc1OCC1CCOC1. The first kappa shape index (κ1) is 14.1. The molecule has 2 heterocycles. The van der Waals surface area contributed by atoms with E-state index in [1.807, 2.05) is 0 Å². The third-order valence-electron chi connectivity index (χ3n) is 3.23. The van der Waals surface area contributed by atoms with Crippen LogP contribution in [0.2, 0.25) is 0 Å². The molecule has 0 saturated carbocycles. The van der Waals surface area contributed by atoms with Gasteiger partial charge in [0.2, 0.25) is 5.88 Å². The predicted octanol–water partition coefficient (Wildman–Crippen LogP) is 2.28. The van der Waals surface area contributed by atoms with Gasteiger partial charge in [0.25, 0.3) is 0 Å². The molecule has 0 radical (unpaired) electrons. The molecular formula is C14H23N3O2. The molecule has 5 nitrogen and oxygen atoms in total. The van der Waals surface area contributed by atoms with E-state index in [0.29, 0.717) is 12.5 Å². The number of aromatic nitrogens is 2. The number of nitrogens with one attached hydrogen (secondary N) is 1. The van der Waals surface area contributed by atoms with E-state index >= 15 is 0 Å². The van der Waals surface area contributed by atoms with Crippen molar-refractivity contribution < 1.29 is 9.47 Å². The van der Waals surface area contributed by atoms with Crippen LogP contribution >= 0.6 is 0 Å². The van der Waals surface area contributed by atoms with Crippen molar-refractivity contribution in [2.24, 2.45) is 5.92 Å². The van der Waals surface area contributed by atoms with Crippen LogP contribution in [0.15, 0.2) is 6.33 Å². The minimum Gasteiger partial charge on any atom is -0.477 e. The smallest absolute Gasteiger partial charge is 0.221 e. The first-order valence-electron chi connectivity index (χ1n) is 7.13. The summed E-state index contributed by atoms with van der Waals surface area (Å²) in [5.41, 5.74) is 1.09. The van der Waals surface area contributed by atoms with E-state index in [0.717, 1.165) is 56.3 Å². The molecule has 1 unspecified atom stereocenters. The summed E-state index contributed by atoms with van der Waals surface area (Å²) < 4.78 is 11.2. The fourth-order valence-electron chi connectivity index (χ4n) is 2.23. The highest BCUT2D eigenvalue weighted by Gasteiger charge is 2.18. The monoisotopic (exact) mass is 265 g/mol. The van der Waals surface area contributed by atoms with Crippen molar-refractivity contribution in [3.8, 4) is 5.88 Å². The molecule has 1 saturated heterocycles. The summed E-state index contributed by atoms with van der Waals surface area (Å²) in [6, 6.07) is 0. The fourth-order valence-corrected chi connectivity index (χ4v) is 2.23. The van der Waals surface area contributed by atoms with Gasteiger partial charge in [-0.25, -0.2) is 9.97 Å². The molecule has 1 fully saturated rings. The zero-order chi connectivity index (χ0) is 13.5. The largest absolute Gasteiger partial charge is 0.477 e. The Morgan fingerprint density at radius 3 is 3.00 bits per heavy atom. The highest BCUT2D eigenvalue weighted by Crippen LogP contribution is 2.24. The molecular weight excluding hydrogens is 242 g/mol. The summed E-state index contributed by atoms with van der Waals surface area (Å²) in [4.78, 5) is 8.59. The standard InChI is InChI=1S/C14H23N3O2/c1-3-5-12-13(15-4-2)16-10-17-14(12)19-9-11-6-7-18-8-11/h10-11H,3-9H2,1-2H3,(H,15,16,17). The Morgan fingerprint density at radius 1 is 1.42 bits per heavy atom. The summed E-state index contributed by atoms with van der Waals surface area (Å²) in [6.45, 7) is 7.39. The van der Waals surface area contributed by atoms with Crippen LogP contribution in [0.4, 0.5) is 5.82 Å². The fraction of sp³-hybridized carbons (Fsp3) is 0.714. The molecule has 0 aromatic carbocycles. The van der Waals surface area contributed by atoms with E-state index in [1.54, 1.807) is 6.33 Å². The number of anilines is 1. The van der Waals surface area contributed by atoms with E-state index in [1.165, 1.54) is 0 Å². The van der Waals surface area contributed by atoms with Crippen molar-refractivity contribution in [1.29, 1.82) is 0 Å². The van der Waals surface area contributed by atoms with E-state index in [-0.39, 0.29) is 0 Å². The molecule has 1 atom stereocenters. The number of hydrogen-bond acceptors (Lipinski definition) is 5. The lowest BCUT2D eigenvalue weighted by Crippen LogP contribution is -2.14. The summed E-state index contributed by atoms with van der Waals surface area (Å²) in [7, 11) is 0. The summed E-state index contributed by atoms with van der Waals surface area (Å²) in [5, 5.41) is 3.27. The van der Waals surface area contributed by atoms with Gasteiger partial charge >= 0.3 is 0 Å². The van der Waals surface area contributed by atoms with Gasteiger partial charge in [-0.3, -0.25) is 0 Å². The summed E-state index contributed by atoms with van der Waals surface area (Å²) in [5.74, 6) is 2.11. The van der Waals surface area contributed by atoms with Crippen LogP contribution in [0.3, 0.4) is 0 Å². The average Bonchev–Trinajstić information content (AvgIpc) is 2.93. The molecule has 0 amide bonds. The van der Waals surface area contributed by atoms with E-state index in [2.05, 4.69) is 29.1 Å². The van der Waals surface area contributed by atoms with Crippen molar-refractivity contribution in [2.45, 2.75) is 33.1 Å². The second-order valence-electron chi connectivity index (χ2n) is 4.83. The van der Waals surface area contributed by atoms with Gasteiger partial charge in [0.1, 0.15) is 12.1 Å². The normalized spacial score (nSPS) is 18.5. The zero-order valence-corrected chi connectivity index (χ0v) is 11.8. The molecule has 106 valence electrons.